The summed E-state index contributed by atoms with van der Waals surface area (Å²) in [6, 6.07) is 6.43. The molecule has 0 radical (unpaired) electrons. The van der Waals surface area contributed by atoms with Gasteiger partial charge in [0, 0.05) is 18.7 Å². The molecule has 2 aliphatic heterocycles. The van der Waals surface area contributed by atoms with Gasteiger partial charge >= 0.3 is 0 Å². The van der Waals surface area contributed by atoms with E-state index in [0.717, 1.165) is 19.6 Å². The molecule has 2 fully saturated rings. The molecule has 5 heteroatoms. The third kappa shape index (κ3) is 2.94. The van der Waals surface area contributed by atoms with Crippen molar-refractivity contribution in [3.05, 3.63) is 35.6 Å². The molecular formula is C16H22FN3O. The van der Waals surface area contributed by atoms with Crippen molar-refractivity contribution in [2.75, 3.05) is 26.2 Å². The maximum atomic E-state index is 14.0. The number of nitrogens with zero attached hydrogens (tertiary/aromatic N) is 2. The standard InChI is InChI=1S/C16H22FN3O/c1-12-16(21)20(11-10-19-8-4-5-9-19)15(18-12)13-6-2-3-7-14(13)17/h2-3,6-7,12,15,18H,4-5,8-11H2,1H3. The molecule has 1 amide bonds. The summed E-state index contributed by atoms with van der Waals surface area (Å²) in [6.45, 7) is 5.57. The molecule has 0 spiro atoms. The third-order valence-electron chi connectivity index (χ3n) is 4.43. The summed E-state index contributed by atoms with van der Waals surface area (Å²) >= 11 is 0. The van der Waals surface area contributed by atoms with Crippen LogP contribution in [-0.4, -0.2) is 47.9 Å². The first-order valence-electron chi connectivity index (χ1n) is 7.70. The Bertz CT molecular complexity index is 516. The molecule has 2 saturated heterocycles. The highest BCUT2D eigenvalue weighted by Gasteiger charge is 2.38. The Labute approximate surface area is 124 Å². The Balaban J connectivity index is 1.74. The molecule has 2 heterocycles. The number of amides is 1. The number of likely N-dealkylation sites (tertiary alicyclic amines) is 1. The SMILES string of the molecule is CC1NC(c2ccccc2F)N(CCN2CCCC2)C1=O. The Kier molecular flexibility index (Phi) is 4.22. The summed E-state index contributed by atoms with van der Waals surface area (Å²) in [5.41, 5.74) is 0.552. The van der Waals surface area contributed by atoms with E-state index in [1.807, 2.05) is 13.0 Å². The Hall–Kier alpha value is -1.46. The van der Waals surface area contributed by atoms with E-state index in [2.05, 4.69) is 10.2 Å². The second-order valence-electron chi connectivity index (χ2n) is 5.89. The van der Waals surface area contributed by atoms with Crippen molar-refractivity contribution in [3.8, 4) is 0 Å². The maximum absolute atomic E-state index is 14.0. The van der Waals surface area contributed by atoms with Crippen molar-refractivity contribution in [2.24, 2.45) is 0 Å². The van der Waals surface area contributed by atoms with E-state index in [4.69, 9.17) is 0 Å². The number of benzene rings is 1. The normalized spacial score (nSPS) is 26.8. The van der Waals surface area contributed by atoms with E-state index in [1.54, 1.807) is 17.0 Å². The number of hydrogen-bond donors (Lipinski definition) is 1. The predicted molar refractivity (Wildman–Crippen MR) is 79.1 cm³/mol. The van der Waals surface area contributed by atoms with Gasteiger partial charge in [-0.05, 0) is 38.9 Å². The number of hydrogen-bond acceptors (Lipinski definition) is 3. The maximum Gasteiger partial charge on any atom is 0.241 e. The lowest BCUT2D eigenvalue weighted by atomic mass is 10.1. The second kappa shape index (κ2) is 6.12. The van der Waals surface area contributed by atoms with Crippen LogP contribution in [-0.2, 0) is 4.79 Å². The lowest BCUT2D eigenvalue weighted by molar-refractivity contribution is -0.130. The first kappa shape index (κ1) is 14.5. The highest BCUT2D eigenvalue weighted by atomic mass is 19.1. The van der Waals surface area contributed by atoms with E-state index >= 15 is 0 Å². The van der Waals surface area contributed by atoms with Gasteiger partial charge in [-0.15, -0.1) is 0 Å². The average molecular weight is 291 g/mol. The van der Waals surface area contributed by atoms with Gasteiger partial charge in [0.05, 0.1) is 6.04 Å². The number of rotatable bonds is 4. The minimum Gasteiger partial charge on any atom is -0.320 e. The van der Waals surface area contributed by atoms with Crippen molar-refractivity contribution in [1.29, 1.82) is 0 Å². The topological polar surface area (TPSA) is 35.6 Å². The zero-order valence-electron chi connectivity index (χ0n) is 12.4. The summed E-state index contributed by atoms with van der Waals surface area (Å²) < 4.78 is 14.0. The fourth-order valence-corrected chi connectivity index (χ4v) is 3.22. The van der Waals surface area contributed by atoms with Gasteiger partial charge in [0.1, 0.15) is 12.0 Å². The van der Waals surface area contributed by atoms with Gasteiger partial charge in [-0.1, -0.05) is 18.2 Å². The van der Waals surface area contributed by atoms with Crippen molar-refractivity contribution in [2.45, 2.75) is 32.0 Å². The molecule has 0 aromatic heterocycles. The zero-order valence-corrected chi connectivity index (χ0v) is 12.4. The first-order chi connectivity index (χ1) is 10.2. The van der Waals surface area contributed by atoms with Gasteiger partial charge < -0.3 is 9.80 Å². The largest absolute Gasteiger partial charge is 0.320 e. The highest BCUT2D eigenvalue weighted by molar-refractivity contribution is 5.84. The molecule has 114 valence electrons. The van der Waals surface area contributed by atoms with Crippen LogP contribution in [0.1, 0.15) is 31.5 Å². The van der Waals surface area contributed by atoms with Crippen LogP contribution in [0.4, 0.5) is 4.39 Å². The zero-order chi connectivity index (χ0) is 14.8. The molecule has 2 atom stereocenters. The van der Waals surface area contributed by atoms with E-state index in [1.165, 1.54) is 18.9 Å². The molecular weight excluding hydrogens is 269 g/mol. The van der Waals surface area contributed by atoms with Gasteiger partial charge in [0.2, 0.25) is 5.91 Å². The van der Waals surface area contributed by atoms with Gasteiger partial charge in [-0.2, -0.15) is 0 Å². The molecule has 0 saturated carbocycles. The number of halogens is 1. The van der Waals surface area contributed by atoms with E-state index in [0.29, 0.717) is 12.1 Å². The molecule has 1 aromatic carbocycles. The molecule has 1 aromatic rings. The summed E-state index contributed by atoms with van der Waals surface area (Å²) in [6.07, 6.45) is 2.12. The van der Waals surface area contributed by atoms with E-state index < -0.39 is 0 Å². The van der Waals surface area contributed by atoms with Crippen LogP contribution in [0.3, 0.4) is 0 Å². The van der Waals surface area contributed by atoms with Crippen LogP contribution >= 0.6 is 0 Å². The Morgan fingerprint density at radius 2 is 1.95 bits per heavy atom. The fraction of sp³-hybridized carbons (Fsp3) is 0.562. The molecule has 4 nitrogen and oxygen atoms in total. The van der Waals surface area contributed by atoms with Crippen LogP contribution in [0.15, 0.2) is 24.3 Å². The molecule has 21 heavy (non-hydrogen) atoms. The van der Waals surface area contributed by atoms with Gasteiger partial charge in [-0.25, -0.2) is 4.39 Å². The van der Waals surface area contributed by atoms with Gasteiger partial charge in [0.25, 0.3) is 0 Å². The van der Waals surface area contributed by atoms with E-state index in [-0.39, 0.29) is 23.9 Å². The van der Waals surface area contributed by atoms with Crippen LogP contribution < -0.4 is 5.32 Å². The van der Waals surface area contributed by atoms with Crippen molar-refractivity contribution in [3.63, 3.8) is 0 Å². The van der Waals surface area contributed by atoms with Crippen molar-refractivity contribution in [1.82, 2.24) is 15.1 Å². The van der Waals surface area contributed by atoms with Crippen LogP contribution in [0, 0.1) is 5.82 Å². The average Bonchev–Trinajstić information content (AvgIpc) is 3.08. The number of carbonyl (C=O) groups excluding carboxylic acids is 1. The molecule has 2 aliphatic rings. The van der Waals surface area contributed by atoms with Crippen LogP contribution in [0.5, 0.6) is 0 Å². The van der Waals surface area contributed by atoms with Gasteiger partial charge in [0.15, 0.2) is 0 Å². The summed E-state index contributed by atoms with van der Waals surface area (Å²) in [7, 11) is 0. The summed E-state index contributed by atoms with van der Waals surface area (Å²) in [4.78, 5) is 16.5. The minimum atomic E-state index is -0.351. The number of carbonyl (C=O) groups is 1. The van der Waals surface area contributed by atoms with Crippen LogP contribution in [0.2, 0.25) is 0 Å². The lowest BCUT2D eigenvalue weighted by Gasteiger charge is -2.27. The highest BCUT2D eigenvalue weighted by Crippen LogP contribution is 2.27. The monoisotopic (exact) mass is 291 g/mol. The van der Waals surface area contributed by atoms with Gasteiger partial charge in [-0.3, -0.25) is 10.1 Å². The third-order valence-corrected chi connectivity index (χ3v) is 4.43. The summed E-state index contributed by atoms with van der Waals surface area (Å²) in [5.74, 6) is -0.203. The smallest absolute Gasteiger partial charge is 0.241 e. The van der Waals surface area contributed by atoms with Crippen molar-refractivity contribution < 1.29 is 9.18 Å². The quantitative estimate of drug-likeness (QED) is 0.918. The predicted octanol–water partition coefficient (Wildman–Crippen LogP) is 1.74. The minimum absolute atomic E-state index is 0.0578. The molecule has 0 aliphatic carbocycles. The lowest BCUT2D eigenvalue weighted by Crippen LogP contribution is -2.37. The summed E-state index contributed by atoms with van der Waals surface area (Å²) in [5, 5.41) is 3.20. The second-order valence-corrected chi connectivity index (χ2v) is 5.89. The number of nitrogens with one attached hydrogen (secondary N) is 1. The fourth-order valence-electron chi connectivity index (χ4n) is 3.22. The molecule has 3 rings (SSSR count). The molecule has 1 N–H and O–H groups in total. The Morgan fingerprint density at radius 1 is 1.24 bits per heavy atom. The molecule has 2 unspecified atom stereocenters. The van der Waals surface area contributed by atoms with Crippen molar-refractivity contribution >= 4 is 5.91 Å². The Morgan fingerprint density at radius 3 is 2.67 bits per heavy atom. The van der Waals surface area contributed by atoms with Crippen LogP contribution in [0.25, 0.3) is 0 Å². The van der Waals surface area contributed by atoms with E-state index in [9.17, 15) is 9.18 Å². The first-order valence-corrected chi connectivity index (χ1v) is 7.70. The molecule has 0 bridgehead atoms.